The Morgan fingerprint density at radius 2 is 1.79 bits per heavy atom. The van der Waals surface area contributed by atoms with Crippen molar-refractivity contribution in [2.45, 2.75) is 38.5 Å². The summed E-state index contributed by atoms with van der Waals surface area (Å²) in [5.41, 5.74) is 7.99. The van der Waals surface area contributed by atoms with Gasteiger partial charge in [-0.25, -0.2) is 4.98 Å². The number of imidazole rings is 1. The minimum Gasteiger partial charge on any atom is -0.492 e. The van der Waals surface area contributed by atoms with Crippen LogP contribution in [0.1, 0.15) is 50.8 Å². The number of rotatable bonds is 10. The molecule has 8 nitrogen and oxygen atoms in total. The maximum atomic E-state index is 13.1. The van der Waals surface area contributed by atoms with Crippen molar-refractivity contribution in [2.24, 2.45) is 0 Å². The fraction of sp³-hybridized carbons (Fsp3) is 0.200. The van der Waals surface area contributed by atoms with E-state index in [0.29, 0.717) is 44.0 Å². The Morgan fingerprint density at radius 1 is 0.953 bits per heavy atom. The highest BCUT2D eigenvalue weighted by Crippen LogP contribution is 2.35. The second-order valence-electron chi connectivity index (χ2n) is 10.5. The summed E-state index contributed by atoms with van der Waals surface area (Å²) in [7, 11) is 0. The van der Waals surface area contributed by atoms with Crippen LogP contribution in [0.3, 0.4) is 0 Å². The van der Waals surface area contributed by atoms with Gasteiger partial charge in [0.15, 0.2) is 0 Å². The third-order valence-electron chi connectivity index (χ3n) is 7.75. The Morgan fingerprint density at radius 3 is 2.63 bits per heavy atom. The molecule has 3 aromatic carbocycles. The number of hydrogen-bond donors (Lipinski definition) is 2. The van der Waals surface area contributed by atoms with Gasteiger partial charge < -0.3 is 19.9 Å². The first-order valence-electron chi connectivity index (χ1n) is 14.4. The van der Waals surface area contributed by atoms with Gasteiger partial charge in [0.2, 0.25) is 0 Å². The Bertz CT molecular complexity index is 1740. The summed E-state index contributed by atoms with van der Waals surface area (Å²) in [6, 6.07) is 28.4. The summed E-state index contributed by atoms with van der Waals surface area (Å²) in [6.45, 7) is 2.28. The number of hydrogen-bond acceptors (Lipinski definition) is 6. The van der Waals surface area contributed by atoms with Crippen LogP contribution in [0.25, 0.3) is 11.1 Å². The summed E-state index contributed by atoms with van der Waals surface area (Å²) in [5, 5.41) is 15.9. The first kappa shape index (κ1) is 27.9. The van der Waals surface area contributed by atoms with Crippen molar-refractivity contribution >= 4 is 5.91 Å². The highest BCUT2D eigenvalue weighted by molar-refractivity contribution is 5.97. The molecule has 2 N–H and O–H groups in total. The zero-order chi connectivity index (χ0) is 29.4. The number of nitriles is 1. The van der Waals surface area contributed by atoms with Crippen molar-refractivity contribution in [1.29, 1.82) is 5.26 Å². The number of fused-ring (bicyclic) bond motifs is 1. The number of aromatic nitrogens is 3. The lowest BCUT2D eigenvalue weighted by molar-refractivity contribution is 0.0945. The van der Waals surface area contributed by atoms with Crippen molar-refractivity contribution in [3.8, 4) is 22.9 Å². The summed E-state index contributed by atoms with van der Waals surface area (Å²) in [6.07, 6.45) is 8.37. The monoisotopic (exact) mass is 568 g/mol. The Labute approximate surface area is 251 Å². The van der Waals surface area contributed by atoms with Gasteiger partial charge in [-0.05, 0) is 46.0 Å². The topological polar surface area (TPSA) is 105 Å². The Balaban J connectivity index is 1.11. The predicted octanol–water partition coefficient (Wildman–Crippen LogP) is 5.60. The van der Waals surface area contributed by atoms with Crippen molar-refractivity contribution in [2.75, 3.05) is 6.61 Å². The van der Waals surface area contributed by atoms with Crippen molar-refractivity contribution < 1.29 is 9.53 Å². The molecule has 1 aliphatic rings. The van der Waals surface area contributed by atoms with Crippen LogP contribution in [-0.2, 0) is 26.1 Å². The lowest BCUT2D eigenvalue weighted by atomic mass is 9.97. The van der Waals surface area contributed by atoms with Gasteiger partial charge in [0.1, 0.15) is 5.75 Å². The van der Waals surface area contributed by atoms with Crippen LogP contribution < -0.4 is 15.4 Å². The van der Waals surface area contributed by atoms with Crippen LogP contribution in [-0.4, -0.2) is 27.0 Å². The molecule has 0 radical (unpaired) electrons. The predicted molar refractivity (Wildman–Crippen MR) is 164 cm³/mol. The summed E-state index contributed by atoms with van der Waals surface area (Å²) in [5.74, 6) is 0.482. The fourth-order valence-electron chi connectivity index (χ4n) is 5.49. The number of pyridine rings is 1. The van der Waals surface area contributed by atoms with E-state index < -0.39 is 0 Å². The van der Waals surface area contributed by atoms with Crippen LogP contribution in [0.4, 0.5) is 0 Å². The Kier molecular flexibility index (Phi) is 8.53. The molecule has 0 bridgehead atoms. The van der Waals surface area contributed by atoms with Crippen LogP contribution in [0.5, 0.6) is 5.75 Å². The minimum atomic E-state index is -0.160. The number of nitrogens with one attached hydrogen (secondary N) is 2. The quantitative estimate of drug-likeness (QED) is 0.227. The molecule has 1 aliphatic heterocycles. The summed E-state index contributed by atoms with van der Waals surface area (Å²) in [4.78, 5) is 21.5. The summed E-state index contributed by atoms with van der Waals surface area (Å²) < 4.78 is 8.16. The SMILES string of the molecule is N#CCc1ccccc1-c1ccc(Cn2cncc2CNC2CCOc3c(C(=O)NCc4ccncc4)cccc32)cc1. The first-order chi connectivity index (χ1) is 21.2. The normalized spacial score (nSPS) is 13.9. The third kappa shape index (κ3) is 6.48. The molecule has 1 atom stereocenters. The number of carbonyl (C=O) groups is 1. The van der Waals surface area contributed by atoms with Crippen LogP contribution in [0.15, 0.2) is 104 Å². The van der Waals surface area contributed by atoms with Crippen LogP contribution >= 0.6 is 0 Å². The average Bonchev–Trinajstić information content (AvgIpc) is 3.50. The molecule has 6 rings (SSSR count). The smallest absolute Gasteiger partial charge is 0.255 e. The Hall–Kier alpha value is -5.26. The van der Waals surface area contributed by atoms with E-state index in [9.17, 15) is 10.1 Å². The summed E-state index contributed by atoms with van der Waals surface area (Å²) >= 11 is 0. The molecule has 43 heavy (non-hydrogen) atoms. The molecular weight excluding hydrogens is 536 g/mol. The van der Waals surface area contributed by atoms with Gasteiger partial charge >= 0.3 is 0 Å². The van der Waals surface area contributed by atoms with E-state index in [1.54, 1.807) is 12.4 Å². The zero-order valence-electron chi connectivity index (χ0n) is 23.7. The molecule has 0 spiro atoms. The lowest BCUT2D eigenvalue weighted by Gasteiger charge is -2.28. The number of nitrogens with zero attached hydrogens (tertiary/aromatic N) is 4. The van der Waals surface area contributed by atoms with E-state index in [-0.39, 0.29) is 11.9 Å². The molecule has 1 amide bonds. The molecule has 0 saturated carbocycles. The molecule has 214 valence electrons. The number of amides is 1. The molecule has 0 aliphatic carbocycles. The van der Waals surface area contributed by atoms with Crippen molar-refractivity contribution in [3.63, 3.8) is 0 Å². The molecule has 5 aromatic rings. The van der Waals surface area contributed by atoms with Gasteiger partial charge in [0, 0.05) is 56.3 Å². The number of para-hydroxylation sites is 1. The second kappa shape index (κ2) is 13.1. The van der Waals surface area contributed by atoms with Crippen LogP contribution in [0.2, 0.25) is 0 Å². The molecule has 8 heteroatoms. The van der Waals surface area contributed by atoms with E-state index in [1.165, 1.54) is 5.56 Å². The average molecular weight is 569 g/mol. The highest BCUT2D eigenvalue weighted by Gasteiger charge is 2.26. The fourth-order valence-corrected chi connectivity index (χ4v) is 5.49. The highest BCUT2D eigenvalue weighted by atomic mass is 16.5. The molecule has 3 heterocycles. The van der Waals surface area contributed by atoms with Gasteiger partial charge in [-0.15, -0.1) is 0 Å². The van der Waals surface area contributed by atoms with E-state index in [2.05, 4.69) is 61.6 Å². The van der Waals surface area contributed by atoms with Gasteiger partial charge in [0.25, 0.3) is 5.91 Å². The molecule has 0 fully saturated rings. The molecule has 0 saturated heterocycles. The van der Waals surface area contributed by atoms with Gasteiger partial charge in [0.05, 0.1) is 36.7 Å². The maximum Gasteiger partial charge on any atom is 0.255 e. The van der Waals surface area contributed by atoms with E-state index in [0.717, 1.165) is 39.9 Å². The largest absolute Gasteiger partial charge is 0.492 e. The standard InChI is InChI=1S/C35H32N6O2/c36-16-12-27-4-1-2-5-30(27)28-10-8-26(9-11-28)23-41-24-38-21-29(41)22-39-33-15-19-43-34-31(33)6-3-7-32(34)35(42)40-20-25-13-17-37-18-14-25/h1-11,13-14,17-18,21,24,33,39H,12,15,19-20,22-23H2,(H,40,42). The second-order valence-corrected chi connectivity index (χ2v) is 10.5. The molecular formula is C35H32N6O2. The van der Waals surface area contributed by atoms with Gasteiger partial charge in [-0.1, -0.05) is 60.7 Å². The van der Waals surface area contributed by atoms with Crippen molar-refractivity contribution in [3.05, 3.63) is 137 Å². The molecule has 1 unspecified atom stereocenters. The maximum absolute atomic E-state index is 13.1. The number of ether oxygens (including phenoxy) is 1. The van der Waals surface area contributed by atoms with Gasteiger partial charge in [-0.2, -0.15) is 5.26 Å². The van der Waals surface area contributed by atoms with E-state index in [4.69, 9.17) is 4.74 Å². The third-order valence-corrected chi connectivity index (χ3v) is 7.75. The van der Waals surface area contributed by atoms with Crippen molar-refractivity contribution in [1.82, 2.24) is 25.2 Å². The minimum absolute atomic E-state index is 0.0489. The van der Waals surface area contributed by atoms with Crippen LogP contribution in [0, 0.1) is 11.3 Å². The zero-order valence-corrected chi connectivity index (χ0v) is 23.7. The lowest BCUT2D eigenvalue weighted by Crippen LogP contribution is -2.30. The number of carbonyl (C=O) groups excluding carboxylic acids is 1. The molecule has 2 aromatic heterocycles. The number of benzene rings is 3. The van der Waals surface area contributed by atoms with Gasteiger partial charge in [-0.3, -0.25) is 9.78 Å². The van der Waals surface area contributed by atoms with E-state index >= 15 is 0 Å². The first-order valence-corrected chi connectivity index (χ1v) is 14.4. The van der Waals surface area contributed by atoms with E-state index in [1.807, 2.05) is 61.1 Å².